The summed E-state index contributed by atoms with van der Waals surface area (Å²) in [5.41, 5.74) is 7.83. The van der Waals surface area contributed by atoms with Gasteiger partial charge in [-0.2, -0.15) is 0 Å². The van der Waals surface area contributed by atoms with Crippen LogP contribution < -0.4 is 5.73 Å². The molecule has 0 bridgehead atoms. The molecule has 0 unspecified atom stereocenters. The van der Waals surface area contributed by atoms with Crippen molar-refractivity contribution in [2.24, 2.45) is 5.73 Å². The van der Waals surface area contributed by atoms with Gasteiger partial charge in [-0.05, 0) is 17.0 Å². The van der Waals surface area contributed by atoms with Crippen molar-refractivity contribution in [3.8, 4) is 0 Å². The summed E-state index contributed by atoms with van der Waals surface area (Å²) in [6, 6.07) is 8.48. The summed E-state index contributed by atoms with van der Waals surface area (Å²) in [6.45, 7) is 4.36. The molecule has 1 rings (SSSR count). The second kappa shape index (κ2) is 6.90. The summed E-state index contributed by atoms with van der Waals surface area (Å²) < 4.78 is 0. The quantitative estimate of drug-likeness (QED) is 0.661. The van der Waals surface area contributed by atoms with Crippen LogP contribution in [0.2, 0.25) is 0 Å². The van der Waals surface area contributed by atoms with Crippen molar-refractivity contribution in [1.29, 1.82) is 5.41 Å². The van der Waals surface area contributed by atoms with E-state index in [0.29, 0.717) is 5.92 Å². The van der Waals surface area contributed by atoms with Crippen molar-refractivity contribution in [2.75, 3.05) is 0 Å². The summed E-state index contributed by atoms with van der Waals surface area (Å²) >= 11 is 1.36. The van der Waals surface area contributed by atoms with Crippen LogP contribution in [-0.4, -0.2) is 5.17 Å². The van der Waals surface area contributed by atoms with E-state index in [2.05, 4.69) is 38.1 Å². The molecule has 0 amide bonds. The molecule has 0 radical (unpaired) electrons. The number of rotatable bonds is 3. The van der Waals surface area contributed by atoms with E-state index in [9.17, 15) is 0 Å². The van der Waals surface area contributed by atoms with E-state index >= 15 is 0 Å². The SMILES string of the molecule is Br.CC(C)c1ccc(CSC(=N)N)cc1. The number of benzene rings is 1. The van der Waals surface area contributed by atoms with Gasteiger partial charge in [-0.25, -0.2) is 0 Å². The van der Waals surface area contributed by atoms with Crippen LogP contribution in [0.4, 0.5) is 0 Å². The van der Waals surface area contributed by atoms with Gasteiger partial charge in [0, 0.05) is 5.75 Å². The largest absolute Gasteiger partial charge is 0.379 e. The van der Waals surface area contributed by atoms with Crippen LogP contribution in [0.3, 0.4) is 0 Å². The summed E-state index contributed by atoms with van der Waals surface area (Å²) in [4.78, 5) is 0. The Morgan fingerprint density at radius 2 is 1.87 bits per heavy atom. The highest BCUT2D eigenvalue weighted by Gasteiger charge is 1.99. The molecular weight excluding hydrogens is 272 g/mol. The van der Waals surface area contributed by atoms with Crippen LogP contribution in [0.5, 0.6) is 0 Å². The molecule has 2 nitrogen and oxygen atoms in total. The molecule has 0 atom stereocenters. The van der Waals surface area contributed by atoms with Gasteiger partial charge in [0.1, 0.15) is 0 Å². The molecule has 0 saturated heterocycles. The Kier molecular flexibility index (Phi) is 6.68. The average Bonchev–Trinajstić information content (AvgIpc) is 2.15. The first-order valence-corrected chi connectivity index (χ1v) is 5.64. The third-order valence-corrected chi connectivity index (χ3v) is 2.83. The number of nitrogens with one attached hydrogen (secondary N) is 1. The maximum atomic E-state index is 7.09. The number of hydrogen-bond donors (Lipinski definition) is 2. The monoisotopic (exact) mass is 288 g/mol. The van der Waals surface area contributed by atoms with Gasteiger partial charge >= 0.3 is 0 Å². The molecule has 0 spiro atoms. The Bertz CT molecular complexity index is 309. The highest BCUT2D eigenvalue weighted by atomic mass is 79.9. The summed E-state index contributed by atoms with van der Waals surface area (Å²) in [5, 5.41) is 7.27. The molecule has 0 aliphatic heterocycles. The van der Waals surface area contributed by atoms with E-state index in [1.165, 1.54) is 22.9 Å². The Morgan fingerprint density at radius 1 is 1.33 bits per heavy atom. The van der Waals surface area contributed by atoms with Crippen LogP contribution in [-0.2, 0) is 5.75 Å². The summed E-state index contributed by atoms with van der Waals surface area (Å²) in [5.74, 6) is 1.36. The van der Waals surface area contributed by atoms with Crippen LogP contribution in [0, 0.1) is 5.41 Å². The Balaban J connectivity index is 0.00000196. The zero-order chi connectivity index (χ0) is 10.6. The summed E-state index contributed by atoms with van der Waals surface area (Å²) in [6.07, 6.45) is 0. The van der Waals surface area contributed by atoms with Crippen molar-refractivity contribution in [3.05, 3.63) is 35.4 Å². The number of hydrogen-bond acceptors (Lipinski definition) is 2. The second-order valence-electron chi connectivity index (χ2n) is 3.55. The Morgan fingerprint density at radius 3 is 2.27 bits per heavy atom. The first kappa shape index (κ1) is 14.5. The van der Waals surface area contributed by atoms with E-state index < -0.39 is 0 Å². The van der Waals surface area contributed by atoms with Crippen LogP contribution >= 0.6 is 28.7 Å². The number of amidine groups is 1. The maximum Gasteiger partial charge on any atom is 0.151 e. The smallest absolute Gasteiger partial charge is 0.151 e. The van der Waals surface area contributed by atoms with Crippen molar-refractivity contribution in [3.63, 3.8) is 0 Å². The molecule has 0 saturated carbocycles. The van der Waals surface area contributed by atoms with Gasteiger partial charge in [-0.1, -0.05) is 49.9 Å². The molecule has 1 aromatic carbocycles. The van der Waals surface area contributed by atoms with Crippen LogP contribution in [0.15, 0.2) is 24.3 Å². The Labute approximate surface area is 106 Å². The van der Waals surface area contributed by atoms with E-state index in [-0.39, 0.29) is 22.1 Å². The predicted molar refractivity (Wildman–Crippen MR) is 74.1 cm³/mol. The number of nitrogens with two attached hydrogens (primary N) is 1. The molecule has 0 fully saturated rings. The van der Waals surface area contributed by atoms with Gasteiger partial charge in [0.25, 0.3) is 0 Å². The molecule has 84 valence electrons. The minimum atomic E-state index is 0. The van der Waals surface area contributed by atoms with E-state index in [0.717, 1.165) is 5.75 Å². The fourth-order valence-electron chi connectivity index (χ4n) is 1.16. The highest BCUT2D eigenvalue weighted by molar-refractivity contribution is 8.93. The first-order chi connectivity index (χ1) is 6.59. The number of thioether (sulfide) groups is 1. The minimum Gasteiger partial charge on any atom is -0.379 e. The molecule has 0 aliphatic carbocycles. The lowest BCUT2D eigenvalue weighted by Gasteiger charge is -2.06. The standard InChI is InChI=1S/C11H16N2S.BrH/c1-8(2)10-5-3-9(4-6-10)7-14-11(12)13;/h3-6,8H,7H2,1-2H3,(H3,12,13);1H. The lowest BCUT2D eigenvalue weighted by Crippen LogP contribution is -2.03. The molecule has 15 heavy (non-hydrogen) atoms. The van der Waals surface area contributed by atoms with E-state index in [1.54, 1.807) is 0 Å². The molecule has 1 aromatic rings. The maximum absolute atomic E-state index is 7.09. The summed E-state index contributed by atoms with van der Waals surface area (Å²) in [7, 11) is 0. The highest BCUT2D eigenvalue weighted by Crippen LogP contribution is 2.17. The van der Waals surface area contributed by atoms with Gasteiger partial charge < -0.3 is 5.73 Å². The number of halogens is 1. The van der Waals surface area contributed by atoms with Crippen molar-refractivity contribution in [1.82, 2.24) is 0 Å². The van der Waals surface area contributed by atoms with Crippen molar-refractivity contribution < 1.29 is 0 Å². The normalized spacial score (nSPS) is 9.80. The van der Waals surface area contributed by atoms with Gasteiger partial charge in [-0.15, -0.1) is 17.0 Å². The van der Waals surface area contributed by atoms with E-state index in [1.807, 2.05) is 0 Å². The molecule has 0 aromatic heterocycles. The van der Waals surface area contributed by atoms with Gasteiger partial charge in [0.05, 0.1) is 0 Å². The molecular formula is C11H17BrN2S. The van der Waals surface area contributed by atoms with Crippen molar-refractivity contribution >= 4 is 33.9 Å². The van der Waals surface area contributed by atoms with Gasteiger partial charge in [-0.3, -0.25) is 5.41 Å². The molecule has 4 heteroatoms. The minimum absolute atomic E-state index is 0. The fourth-order valence-corrected chi connectivity index (χ4v) is 1.67. The molecule has 0 heterocycles. The fraction of sp³-hybridized carbons (Fsp3) is 0.364. The lowest BCUT2D eigenvalue weighted by molar-refractivity contribution is 0.866. The third-order valence-electron chi connectivity index (χ3n) is 2.04. The topological polar surface area (TPSA) is 49.9 Å². The van der Waals surface area contributed by atoms with Gasteiger partial charge in [0.2, 0.25) is 0 Å². The van der Waals surface area contributed by atoms with Gasteiger partial charge in [0.15, 0.2) is 5.17 Å². The Hall–Kier alpha value is -0.480. The zero-order valence-electron chi connectivity index (χ0n) is 8.99. The van der Waals surface area contributed by atoms with Crippen LogP contribution in [0.25, 0.3) is 0 Å². The molecule has 0 aliphatic rings. The third kappa shape index (κ3) is 5.23. The predicted octanol–water partition coefficient (Wildman–Crippen LogP) is 3.51. The lowest BCUT2D eigenvalue weighted by atomic mass is 10.0. The van der Waals surface area contributed by atoms with Crippen LogP contribution in [0.1, 0.15) is 30.9 Å². The first-order valence-electron chi connectivity index (χ1n) is 4.65. The second-order valence-corrected chi connectivity index (χ2v) is 4.57. The van der Waals surface area contributed by atoms with E-state index in [4.69, 9.17) is 11.1 Å². The zero-order valence-corrected chi connectivity index (χ0v) is 11.5. The average molecular weight is 289 g/mol. The molecule has 3 N–H and O–H groups in total. The van der Waals surface area contributed by atoms with Crippen molar-refractivity contribution in [2.45, 2.75) is 25.5 Å².